The Morgan fingerprint density at radius 3 is 3.00 bits per heavy atom. The predicted molar refractivity (Wildman–Crippen MR) is 49.5 cm³/mol. The van der Waals surface area contributed by atoms with Crippen molar-refractivity contribution in [2.45, 2.75) is 0 Å². The molecule has 4 nitrogen and oxygen atoms in total. The van der Waals surface area contributed by atoms with Gasteiger partial charge in [0.05, 0.1) is 17.3 Å². The van der Waals surface area contributed by atoms with Gasteiger partial charge in [0.2, 0.25) is 0 Å². The number of hydrogen-bond donors (Lipinski definition) is 1. The van der Waals surface area contributed by atoms with E-state index in [1.807, 2.05) is 6.07 Å². The second-order valence-corrected chi connectivity index (χ2v) is 2.93. The van der Waals surface area contributed by atoms with E-state index in [9.17, 15) is 4.79 Å². The summed E-state index contributed by atoms with van der Waals surface area (Å²) in [6, 6.07) is 5.17. The molecule has 66 valence electrons. The first kappa shape index (κ1) is 8.07. The number of benzene rings is 1. The number of para-hydroxylation sites is 1. The molecular formula is C8H6ClN3O. The third kappa shape index (κ3) is 1.15. The topological polar surface area (TPSA) is 60.9 Å². The first-order chi connectivity index (χ1) is 6.20. The van der Waals surface area contributed by atoms with Crippen LogP contribution in [0.3, 0.4) is 0 Å². The van der Waals surface area contributed by atoms with E-state index >= 15 is 0 Å². The number of carbonyl (C=O) groups is 1. The number of nitrogens with zero attached hydrogens (tertiary/aromatic N) is 2. The van der Waals surface area contributed by atoms with Gasteiger partial charge in [-0.1, -0.05) is 12.1 Å². The lowest BCUT2D eigenvalue weighted by atomic mass is 10.1. The molecule has 1 aromatic carbocycles. The Hall–Kier alpha value is -1.55. The lowest BCUT2D eigenvalue weighted by Gasteiger charge is -1.97. The van der Waals surface area contributed by atoms with Crippen LogP contribution in [0.25, 0.3) is 10.9 Å². The molecule has 0 saturated heterocycles. The van der Waals surface area contributed by atoms with Crippen LogP contribution in [-0.4, -0.2) is 15.2 Å². The molecule has 2 N–H and O–H groups in total. The van der Waals surface area contributed by atoms with Gasteiger partial charge in [-0.25, -0.2) is 0 Å². The second-order valence-electron chi connectivity index (χ2n) is 2.61. The molecule has 0 saturated carbocycles. The fraction of sp³-hybridized carbons (Fsp3) is 0. The van der Waals surface area contributed by atoms with Crippen molar-refractivity contribution in [2.24, 2.45) is 5.73 Å². The summed E-state index contributed by atoms with van der Waals surface area (Å²) in [5, 5.41) is 4.61. The number of rotatable bonds is 1. The minimum absolute atomic E-state index is 0.380. The summed E-state index contributed by atoms with van der Waals surface area (Å²) in [5.74, 6) is -0.506. The van der Waals surface area contributed by atoms with Crippen molar-refractivity contribution in [3.63, 3.8) is 0 Å². The second kappa shape index (κ2) is 2.74. The smallest absolute Gasteiger partial charge is 0.250 e. The molecular weight excluding hydrogens is 190 g/mol. The summed E-state index contributed by atoms with van der Waals surface area (Å²) < 4.78 is 1.12. The molecule has 0 aliphatic rings. The summed E-state index contributed by atoms with van der Waals surface area (Å²) in [6.45, 7) is 0. The van der Waals surface area contributed by atoms with Crippen molar-refractivity contribution in [2.75, 3.05) is 0 Å². The van der Waals surface area contributed by atoms with Crippen LogP contribution in [-0.2, 0) is 0 Å². The van der Waals surface area contributed by atoms with Crippen molar-refractivity contribution in [3.05, 3.63) is 30.0 Å². The Balaban J connectivity index is 2.88. The fourth-order valence-corrected chi connectivity index (χ4v) is 1.47. The van der Waals surface area contributed by atoms with E-state index in [4.69, 9.17) is 17.5 Å². The molecule has 1 amide bonds. The quantitative estimate of drug-likeness (QED) is 0.742. The summed E-state index contributed by atoms with van der Waals surface area (Å²) in [4.78, 5) is 11.0. The Bertz CT molecular complexity index is 477. The molecule has 2 aromatic rings. The van der Waals surface area contributed by atoms with Gasteiger partial charge in [0.1, 0.15) is 0 Å². The van der Waals surface area contributed by atoms with Crippen molar-refractivity contribution in [1.82, 2.24) is 9.30 Å². The highest BCUT2D eigenvalue weighted by molar-refractivity contribution is 6.20. The van der Waals surface area contributed by atoms with Crippen LogP contribution < -0.4 is 5.73 Å². The molecule has 2 rings (SSSR count). The average Bonchev–Trinajstić information content (AvgIpc) is 2.48. The molecule has 5 heteroatoms. The zero-order valence-electron chi connectivity index (χ0n) is 6.57. The van der Waals surface area contributed by atoms with E-state index in [1.54, 1.807) is 18.3 Å². The fourth-order valence-electron chi connectivity index (χ4n) is 1.24. The number of amides is 1. The Morgan fingerprint density at radius 2 is 2.31 bits per heavy atom. The maximum Gasteiger partial charge on any atom is 0.250 e. The van der Waals surface area contributed by atoms with Crippen LogP contribution >= 0.6 is 11.8 Å². The van der Waals surface area contributed by atoms with E-state index in [-0.39, 0.29) is 0 Å². The molecule has 0 fully saturated rings. The van der Waals surface area contributed by atoms with Crippen molar-refractivity contribution >= 4 is 28.6 Å². The van der Waals surface area contributed by atoms with Crippen LogP contribution in [0.1, 0.15) is 10.4 Å². The number of hydrogen-bond acceptors (Lipinski definition) is 2. The summed E-state index contributed by atoms with van der Waals surface area (Å²) in [7, 11) is 0. The van der Waals surface area contributed by atoms with E-state index < -0.39 is 5.91 Å². The molecule has 1 aromatic heterocycles. The average molecular weight is 196 g/mol. The van der Waals surface area contributed by atoms with E-state index in [1.165, 1.54) is 0 Å². The van der Waals surface area contributed by atoms with Crippen LogP contribution in [0.5, 0.6) is 0 Å². The Morgan fingerprint density at radius 1 is 1.54 bits per heavy atom. The minimum Gasteiger partial charge on any atom is -0.366 e. The van der Waals surface area contributed by atoms with Crippen molar-refractivity contribution in [3.8, 4) is 0 Å². The third-order valence-electron chi connectivity index (χ3n) is 1.82. The maximum absolute atomic E-state index is 11.0. The van der Waals surface area contributed by atoms with Crippen molar-refractivity contribution < 1.29 is 4.79 Å². The molecule has 0 bridgehead atoms. The number of halogens is 1. The molecule has 0 aliphatic heterocycles. The largest absolute Gasteiger partial charge is 0.366 e. The molecule has 0 atom stereocenters. The van der Waals surface area contributed by atoms with Gasteiger partial charge in [-0.15, -0.1) is 0 Å². The first-order valence-electron chi connectivity index (χ1n) is 3.63. The van der Waals surface area contributed by atoms with Gasteiger partial charge >= 0.3 is 0 Å². The Labute approximate surface area is 79.0 Å². The third-order valence-corrected chi connectivity index (χ3v) is 2.07. The molecule has 0 aliphatic carbocycles. The first-order valence-corrected chi connectivity index (χ1v) is 3.96. The highest BCUT2D eigenvalue weighted by atomic mass is 35.5. The standard InChI is InChI=1S/C8H6ClN3O/c9-12-7-5(4-11-12)2-1-3-6(7)8(10)13/h1-4H,(H2,10,13). The lowest BCUT2D eigenvalue weighted by molar-refractivity contribution is 0.100. The minimum atomic E-state index is -0.506. The molecule has 0 spiro atoms. The zero-order valence-corrected chi connectivity index (χ0v) is 7.32. The molecule has 0 radical (unpaired) electrons. The predicted octanol–water partition coefficient (Wildman–Crippen LogP) is 1.14. The van der Waals surface area contributed by atoms with Gasteiger partial charge in [0, 0.05) is 17.2 Å². The normalized spacial score (nSPS) is 10.5. The van der Waals surface area contributed by atoms with Crippen LogP contribution in [0.2, 0.25) is 0 Å². The highest BCUT2D eigenvalue weighted by Crippen LogP contribution is 2.18. The van der Waals surface area contributed by atoms with E-state index in [0.29, 0.717) is 11.1 Å². The van der Waals surface area contributed by atoms with Gasteiger partial charge in [-0.2, -0.15) is 9.30 Å². The van der Waals surface area contributed by atoms with E-state index in [2.05, 4.69) is 5.10 Å². The van der Waals surface area contributed by atoms with Crippen LogP contribution in [0.4, 0.5) is 0 Å². The molecule has 0 unspecified atom stereocenters. The summed E-state index contributed by atoms with van der Waals surface area (Å²) >= 11 is 5.72. The maximum atomic E-state index is 11.0. The number of nitrogens with two attached hydrogens (primary N) is 1. The van der Waals surface area contributed by atoms with Crippen molar-refractivity contribution in [1.29, 1.82) is 0 Å². The number of aromatic nitrogens is 2. The summed E-state index contributed by atoms with van der Waals surface area (Å²) in [6.07, 6.45) is 1.58. The van der Waals surface area contributed by atoms with Gasteiger partial charge in [-0.3, -0.25) is 4.79 Å². The summed E-state index contributed by atoms with van der Waals surface area (Å²) in [5.41, 5.74) is 6.10. The highest BCUT2D eigenvalue weighted by Gasteiger charge is 2.10. The molecule has 13 heavy (non-hydrogen) atoms. The van der Waals surface area contributed by atoms with Gasteiger partial charge < -0.3 is 5.73 Å². The number of fused-ring (bicyclic) bond motifs is 1. The zero-order chi connectivity index (χ0) is 9.42. The van der Waals surface area contributed by atoms with Gasteiger partial charge in [0.25, 0.3) is 5.91 Å². The Kier molecular flexibility index (Phi) is 1.70. The monoisotopic (exact) mass is 195 g/mol. The van der Waals surface area contributed by atoms with Gasteiger partial charge in [0.15, 0.2) is 0 Å². The van der Waals surface area contributed by atoms with Gasteiger partial charge in [-0.05, 0) is 6.07 Å². The van der Waals surface area contributed by atoms with Crippen LogP contribution in [0.15, 0.2) is 24.4 Å². The van der Waals surface area contributed by atoms with E-state index in [0.717, 1.165) is 9.59 Å². The SMILES string of the molecule is NC(=O)c1cccc2cnn(Cl)c12. The lowest BCUT2D eigenvalue weighted by Crippen LogP contribution is -2.11. The number of primary amides is 1. The molecule has 1 heterocycles. The number of carbonyl (C=O) groups excluding carboxylic acids is 1. The van der Waals surface area contributed by atoms with Crippen LogP contribution in [0, 0.1) is 0 Å².